The van der Waals surface area contributed by atoms with Crippen LogP contribution in [0.2, 0.25) is 0 Å². The molecule has 1 saturated heterocycles. The topological polar surface area (TPSA) is 90.7 Å². The Balaban J connectivity index is 0.00000324. The number of hydrogen-bond donors (Lipinski definition) is 2. The first kappa shape index (κ1) is 18.1. The van der Waals surface area contributed by atoms with Crippen LogP contribution in [0.5, 0.6) is 0 Å². The summed E-state index contributed by atoms with van der Waals surface area (Å²) in [5, 5.41) is 2.65. The summed E-state index contributed by atoms with van der Waals surface area (Å²) in [5.41, 5.74) is 4.44. The lowest BCUT2D eigenvalue weighted by molar-refractivity contribution is -0.153. The lowest BCUT2D eigenvalue weighted by atomic mass is 10.1. The van der Waals surface area contributed by atoms with E-state index in [1.165, 1.54) is 0 Å². The molecule has 2 atom stereocenters. The number of halogens is 1. The fourth-order valence-electron chi connectivity index (χ4n) is 1.82. The van der Waals surface area contributed by atoms with E-state index in [4.69, 9.17) is 15.2 Å². The van der Waals surface area contributed by atoms with Gasteiger partial charge in [0.2, 0.25) is 5.91 Å². The van der Waals surface area contributed by atoms with Crippen molar-refractivity contribution in [2.24, 2.45) is 5.73 Å². The smallest absolute Gasteiger partial charge is 0.331 e. The van der Waals surface area contributed by atoms with Crippen LogP contribution in [0.15, 0.2) is 0 Å². The monoisotopic (exact) mass is 294 g/mol. The van der Waals surface area contributed by atoms with Crippen LogP contribution >= 0.6 is 12.4 Å². The molecule has 6 nitrogen and oxygen atoms in total. The first-order valence-electron chi connectivity index (χ1n) is 6.25. The van der Waals surface area contributed by atoms with E-state index in [9.17, 15) is 9.59 Å². The van der Waals surface area contributed by atoms with Gasteiger partial charge in [-0.15, -0.1) is 12.4 Å². The van der Waals surface area contributed by atoms with E-state index in [1.54, 1.807) is 20.8 Å². The molecule has 1 aliphatic heterocycles. The molecule has 3 N–H and O–H groups in total. The minimum atomic E-state index is -1.04. The van der Waals surface area contributed by atoms with Crippen LogP contribution in [0.3, 0.4) is 0 Å². The number of nitrogens with one attached hydrogen (secondary N) is 1. The van der Waals surface area contributed by atoms with E-state index in [-0.39, 0.29) is 31.0 Å². The molecule has 0 bridgehead atoms. The minimum absolute atomic E-state index is 0. The minimum Gasteiger partial charge on any atom is -0.464 e. The maximum atomic E-state index is 11.9. The van der Waals surface area contributed by atoms with Crippen molar-refractivity contribution in [2.45, 2.75) is 51.4 Å². The second-order valence-corrected chi connectivity index (χ2v) is 4.89. The zero-order valence-corrected chi connectivity index (χ0v) is 12.4. The molecule has 1 rings (SSSR count). The Morgan fingerprint density at radius 2 is 2.05 bits per heavy atom. The number of carbonyl (C=O) groups is 2. The van der Waals surface area contributed by atoms with Crippen LogP contribution in [0.4, 0.5) is 0 Å². The van der Waals surface area contributed by atoms with Gasteiger partial charge in [0.05, 0.1) is 12.7 Å². The second-order valence-electron chi connectivity index (χ2n) is 4.89. The van der Waals surface area contributed by atoms with E-state index >= 15 is 0 Å². The summed E-state index contributed by atoms with van der Waals surface area (Å²) in [6, 6.07) is 0. The SMILES string of the molecule is CCOC(=O)C(C)(C)NC(=O)[C@@H]1CC[C@H](CN)O1.Cl. The molecular weight excluding hydrogens is 272 g/mol. The van der Waals surface area contributed by atoms with E-state index in [2.05, 4.69) is 5.32 Å². The zero-order valence-electron chi connectivity index (χ0n) is 11.6. The van der Waals surface area contributed by atoms with Gasteiger partial charge in [0.1, 0.15) is 11.6 Å². The van der Waals surface area contributed by atoms with Crippen LogP contribution in [0.25, 0.3) is 0 Å². The van der Waals surface area contributed by atoms with E-state index in [1.807, 2.05) is 0 Å². The number of carbonyl (C=O) groups excluding carboxylic acids is 2. The molecule has 0 spiro atoms. The van der Waals surface area contributed by atoms with Gasteiger partial charge in [0.15, 0.2) is 0 Å². The van der Waals surface area contributed by atoms with Gasteiger partial charge in [0.25, 0.3) is 0 Å². The Morgan fingerprint density at radius 3 is 2.53 bits per heavy atom. The van der Waals surface area contributed by atoms with Crippen molar-refractivity contribution in [1.29, 1.82) is 0 Å². The fraction of sp³-hybridized carbons (Fsp3) is 0.833. The van der Waals surface area contributed by atoms with Crippen LogP contribution in [-0.4, -0.2) is 42.8 Å². The quantitative estimate of drug-likeness (QED) is 0.715. The normalized spacial score (nSPS) is 22.5. The third-order valence-corrected chi connectivity index (χ3v) is 2.88. The molecule has 0 aromatic carbocycles. The summed E-state index contributed by atoms with van der Waals surface area (Å²) in [6.45, 7) is 5.64. The average Bonchev–Trinajstić information content (AvgIpc) is 2.77. The van der Waals surface area contributed by atoms with Crippen LogP contribution in [0, 0.1) is 0 Å². The maximum Gasteiger partial charge on any atom is 0.331 e. The standard InChI is InChI=1S/C12H22N2O4.ClH/c1-4-17-11(16)12(2,3)14-10(15)9-6-5-8(7-13)18-9;/h8-9H,4-7,13H2,1-3H3,(H,14,15);1H/t8-,9+;/m1./s1. The van der Waals surface area contributed by atoms with Gasteiger partial charge in [-0.2, -0.15) is 0 Å². The maximum absolute atomic E-state index is 11.9. The lowest BCUT2D eigenvalue weighted by Gasteiger charge is -2.25. The summed E-state index contributed by atoms with van der Waals surface area (Å²) in [6.07, 6.45) is 0.819. The molecule has 1 aliphatic rings. The van der Waals surface area contributed by atoms with Crippen LogP contribution in [0.1, 0.15) is 33.6 Å². The highest BCUT2D eigenvalue weighted by molar-refractivity contribution is 5.89. The largest absolute Gasteiger partial charge is 0.464 e. The average molecular weight is 295 g/mol. The Hall–Kier alpha value is -0.850. The molecule has 0 unspecified atom stereocenters. The van der Waals surface area contributed by atoms with Crippen LogP contribution in [-0.2, 0) is 19.1 Å². The van der Waals surface area contributed by atoms with Gasteiger partial charge in [-0.25, -0.2) is 4.79 Å². The molecule has 0 aromatic rings. The molecule has 0 radical (unpaired) electrons. The Morgan fingerprint density at radius 1 is 1.42 bits per heavy atom. The summed E-state index contributed by atoms with van der Waals surface area (Å²) in [7, 11) is 0. The van der Waals surface area contributed by atoms with Gasteiger partial charge >= 0.3 is 5.97 Å². The molecule has 1 amide bonds. The van der Waals surface area contributed by atoms with Gasteiger partial charge in [-0.3, -0.25) is 4.79 Å². The number of amides is 1. The predicted molar refractivity (Wildman–Crippen MR) is 73.1 cm³/mol. The highest BCUT2D eigenvalue weighted by Gasteiger charge is 2.36. The molecule has 1 fully saturated rings. The lowest BCUT2D eigenvalue weighted by Crippen LogP contribution is -2.53. The van der Waals surface area contributed by atoms with Crippen molar-refractivity contribution in [1.82, 2.24) is 5.32 Å². The van der Waals surface area contributed by atoms with Gasteiger partial charge in [-0.1, -0.05) is 0 Å². The van der Waals surface area contributed by atoms with Gasteiger partial charge in [-0.05, 0) is 33.6 Å². The van der Waals surface area contributed by atoms with Gasteiger partial charge < -0.3 is 20.5 Å². The van der Waals surface area contributed by atoms with Gasteiger partial charge in [0, 0.05) is 6.54 Å². The number of ether oxygens (including phenoxy) is 2. The molecule has 19 heavy (non-hydrogen) atoms. The van der Waals surface area contributed by atoms with E-state index < -0.39 is 17.6 Å². The molecule has 1 heterocycles. The predicted octanol–water partition coefficient (Wildman–Crippen LogP) is 0.372. The van der Waals surface area contributed by atoms with E-state index in [0.717, 1.165) is 6.42 Å². The summed E-state index contributed by atoms with van der Waals surface area (Å²) in [4.78, 5) is 23.6. The molecular formula is C12H23ClN2O4. The molecule has 112 valence electrons. The number of esters is 1. The van der Waals surface area contributed by atoms with Crippen molar-refractivity contribution in [3.05, 3.63) is 0 Å². The first-order chi connectivity index (χ1) is 8.40. The second kappa shape index (κ2) is 7.67. The Labute approximate surface area is 119 Å². The van der Waals surface area contributed by atoms with Crippen molar-refractivity contribution in [3.63, 3.8) is 0 Å². The Kier molecular flexibility index (Phi) is 7.33. The molecule has 7 heteroatoms. The number of nitrogens with two attached hydrogens (primary N) is 1. The van der Waals surface area contributed by atoms with E-state index in [0.29, 0.717) is 13.0 Å². The molecule has 0 aliphatic carbocycles. The number of rotatable bonds is 5. The fourth-order valence-corrected chi connectivity index (χ4v) is 1.82. The highest BCUT2D eigenvalue weighted by atomic mass is 35.5. The van der Waals surface area contributed by atoms with Crippen LogP contribution < -0.4 is 11.1 Å². The van der Waals surface area contributed by atoms with Crippen molar-refractivity contribution in [2.75, 3.05) is 13.2 Å². The van der Waals surface area contributed by atoms with Crippen molar-refractivity contribution in [3.8, 4) is 0 Å². The Bertz CT molecular complexity index is 323. The third-order valence-electron chi connectivity index (χ3n) is 2.88. The molecule has 0 aromatic heterocycles. The summed E-state index contributed by atoms with van der Waals surface area (Å²) < 4.78 is 10.4. The number of hydrogen-bond acceptors (Lipinski definition) is 5. The summed E-state index contributed by atoms with van der Waals surface area (Å²) >= 11 is 0. The third kappa shape index (κ3) is 4.97. The molecule has 0 saturated carbocycles. The highest BCUT2D eigenvalue weighted by Crippen LogP contribution is 2.19. The summed E-state index contributed by atoms with van der Waals surface area (Å²) in [5.74, 6) is -0.740. The first-order valence-corrected chi connectivity index (χ1v) is 6.25. The zero-order chi connectivity index (χ0) is 13.8. The van der Waals surface area contributed by atoms with Crippen molar-refractivity contribution < 1.29 is 19.1 Å². The van der Waals surface area contributed by atoms with Crippen molar-refractivity contribution >= 4 is 24.3 Å².